The third-order valence-corrected chi connectivity index (χ3v) is 19.6. The fraction of sp³-hybridized carbons (Fsp3) is 0.481. The number of amides is 2. The zero-order valence-corrected chi connectivity index (χ0v) is 64.6. The minimum atomic E-state index is -1.39. The van der Waals surface area contributed by atoms with Gasteiger partial charge in [0.05, 0.1) is 85.9 Å². The van der Waals surface area contributed by atoms with Crippen molar-refractivity contribution in [2.75, 3.05) is 168 Å². The monoisotopic (exact) mass is 1540 g/mol. The Balaban J connectivity index is 0.000000143. The van der Waals surface area contributed by atoms with Crippen LogP contribution in [0.5, 0.6) is 0 Å². The number of aromatic nitrogens is 9. The average molecular weight is 1540 g/mol. The number of nitrogens with one attached hydrogen (secondary N) is 4. The highest BCUT2D eigenvalue weighted by Gasteiger charge is 2.34. The van der Waals surface area contributed by atoms with E-state index in [1.54, 1.807) is 65.2 Å². The number of carbonyl (C=O) groups excluding carboxylic acids is 2. The maximum atomic E-state index is 12.6. The SMILES string of the molecule is CC(C)(C)OC(=O)N1CC(O)CC(CNc2nc(-c3ccc(N4CCOCC4)cc3)cc3nccnc23)C1.CC(C)(C)OC(=O)N1CC(O)CC(CNc2nc(Cl)cc3nccnc23)C1.OB(O)c1ccc(N2CCOCC2)cc1.OC1CNCC(CNc2nc(-c3ccc(N4CCOCC4)cc3)cc3nccnc23)C1. The number of piperidine rings is 3. The van der Waals surface area contributed by atoms with Crippen molar-refractivity contribution in [1.82, 2.24) is 60.0 Å². The molecule has 0 saturated carbocycles. The number of rotatable bonds is 15. The number of hydrogen-bond acceptors (Lipinski definition) is 28. The Morgan fingerprint density at radius 2 is 0.829 bits per heavy atom. The number of pyridine rings is 3. The van der Waals surface area contributed by atoms with E-state index in [0.29, 0.717) is 90.3 Å². The number of morpholine rings is 3. The number of fused-ring (bicyclic) bond motifs is 3. The number of halogens is 1. The van der Waals surface area contributed by atoms with Gasteiger partial charge in [0.25, 0.3) is 0 Å². The predicted molar refractivity (Wildman–Crippen MR) is 430 cm³/mol. The van der Waals surface area contributed by atoms with Crippen LogP contribution < -0.4 is 41.4 Å². The molecule has 111 heavy (non-hydrogen) atoms. The highest BCUT2D eigenvalue weighted by Crippen LogP contribution is 2.32. The van der Waals surface area contributed by atoms with Gasteiger partial charge < -0.3 is 94.8 Å². The summed E-state index contributed by atoms with van der Waals surface area (Å²) in [6.07, 6.45) is 9.55. The first-order valence-corrected chi connectivity index (χ1v) is 38.5. The minimum Gasteiger partial charge on any atom is -0.444 e. The van der Waals surface area contributed by atoms with E-state index >= 15 is 0 Å². The lowest BCUT2D eigenvalue weighted by atomic mass is 9.80. The van der Waals surface area contributed by atoms with Crippen LogP contribution in [0.2, 0.25) is 5.15 Å². The molecule has 32 heteroatoms. The third-order valence-electron chi connectivity index (χ3n) is 19.4. The van der Waals surface area contributed by atoms with Crippen molar-refractivity contribution in [2.45, 2.75) is 90.3 Å². The van der Waals surface area contributed by atoms with Crippen molar-refractivity contribution in [1.29, 1.82) is 0 Å². The second-order valence-corrected chi connectivity index (χ2v) is 30.9. The highest BCUT2D eigenvalue weighted by atomic mass is 35.5. The summed E-state index contributed by atoms with van der Waals surface area (Å²) in [5, 5.41) is 62.2. The van der Waals surface area contributed by atoms with Gasteiger partial charge in [0, 0.05) is 163 Å². The molecule has 0 spiro atoms. The zero-order chi connectivity index (χ0) is 78.0. The molecule has 9 N–H and O–H groups in total. The van der Waals surface area contributed by atoms with E-state index in [1.807, 2.05) is 65.8 Å². The molecule has 6 fully saturated rings. The number of carbonyl (C=O) groups is 2. The Bertz CT molecular complexity index is 4500. The minimum absolute atomic E-state index is 0.0243. The van der Waals surface area contributed by atoms with Gasteiger partial charge in [0.2, 0.25) is 0 Å². The number of benzene rings is 3. The number of anilines is 6. The maximum absolute atomic E-state index is 12.6. The van der Waals surface area contributed by atoms with Gasteiger partial charge in [0.1, 0.15) is 32.9 Å². The number of nitrogens with zero attached hydrogens (tertiary/aromatic N) is 14. The molecule has 15 rings (SSSR count). The smallest absolute Gasteiger partial charge is 0.444 e. The van der Waals surface area contributed by atoms with Crippen molar-refractivity contribution < 1.29 is 58.6 Å². The molecule has 30 nitrogen and oxygen atoms in total. The van der Waals surface area contributed by atoms with Gasteiger partial charge >= 0.3 is 19.3 Å². The van der Waals surface area contributed by atoms with Gasteiger partial charge in [-0.2, -0.15) is 0 Å². The predicted octanol–water partition coefficient (Wildman–Crippen LogP) is 7.38. The molecule has 2 amide bonds. The Labute approximate surface area is 651 Å². The number of aliphatic hydroxyl groups is 3. The van der Waals surface area contributed by atoms with Crippen molar-refractivity contribution in [3.63, 3.8) is 0 Å². The van der Waals surface area contributed by atoms with Crippen molar-refractivity contribution >= 4 is 104 Å². The molecule has 6 aromatic heterocycles. The molecule has 6 saturated heterocycles. The number of hydrogen-bond donors (Lipinski definition) is 9. The van der Waals surface area contributed by atoms with Gasteiger partial charge in [-0.25, -0.2) is 39.5 Å². The average Bonchev–Trinajstić information content (AvgIpc) is 0.799. The fourth-order valence-electron chi connectivity index (χ4n) is 14.0. The summed E-state index contributed by atoms with van der Waals surface area (Å²) < 4.78 is 27.1. The van der Waals surface area contributed by atoms with Crippen LogP contribution in [0.3, 0.4) is 0 Å². The molecule has 12 heterocycles. The van der Waals surface area contributed by atoms with E-state index in [0.717, 1.165) is 149 Å². The quantitative estimate of drug-likeness (QED) is 0.0357. The number of ether oxygens (including phenoxy) is 5. The molecular formula is C79H102BClN18O12. The lowest BCUT2D eigenvalue weighted by molar-refractivity contribution is -0.00627. The molecule has 6 atom stereocenters. The van der Waals surface area contributed by atoms with Crippen LogP contribution >= 0.6 is 11.6 Å². The van der Waals surface area contributed by atoms with Crippen LogP contribution in [0.15, 0.2) is 128 Å². The first-order chi connectivity index (χ1) is 53.5. The molecule has 590 valence electrons. The first kappa shape index (κ1) is 81.0. The van der Waals surface area contributed by atoms with Crippen LogP contribution in [-0.4, -0.2) is 267 Å². The van der Waals surface area contributed by atoms with E-state index in [4.69, 9.17) is 55.3 Å². The molecule has 3 aromatic carbocycles. The second kappa shape index (κ2) is 38.1. The lowest BCUT2D eigenvalue weighted by Crippen LogP contribution is -2.49. The molecule has 6 unspecified atom stereocenters. The fourth-order valence-corrected chi connectivity index (χ4v) is 14.2. The number of β-amino-alcohol motifs (C(OH)–C–C–N with tert-alkyl or cyclic N) is 3. The molecular weight excluding hydrogens is 1440 g/mol. The van der Waals surface area contributed by atoms with E-state index in [9.17, 15) is 24.9 Å². The lowest BCUT2D eigenvalue weighted by Gasteiger charge is -2.36. The van der Waals surface area contributed by atoms with Crippen LogP contribution in [0.1, 0.15) is 60.8 Å². The van der Waals surface area contributed by atoms with E-state index in [-0.39, 0.29) is 31.0 Å². The van der Waals surface area contributed by atoms with Gasteiger partial charge in [-0.3, -0.25) is 15.0 Å². The highest BCUT2D eigenvalue weighted by molar-refractivity contribution is 6.58. The van der Waals surface area contributed by atoms with Crippen LogP contribution in [0, 0.1) is 17.8 Å². The molecule has 9 aromatic rings. The molecule has 0 bridgehead atoms. The standard InChI is InChI=1S/C28H36N6O4.C23H28N6O2.C18H24ClN5O3.C10H14BNO3/c1-28(2,3)38-27(36)34-17-19(14-22(35)18-34)16-31-26-25-24(29-8-9-30-25)15-23(32-26)20-4-6-21(7-5-20)33-10-12-37-13-11-33;30-19-11-16(13-24-15-19)14-27-23-22-21(25-5-6-26-22)12-20(28-23)17-1-3-18(4-2-17)29-7-9-31-10-8-29;1-18(2,3)27-17(26)24-9-11(6-12(25)10-24)8-22-16-15-13(7-14(19)23-16)20-4-5-21-15;13-11(14)9-1-3-10(4-2-9)12-5-7-15-8-6-12/h4-9,15,19,22,35H,10-14,16-18H2,1-3H3,(H,31,32);1-6,12,16,19,24,30H,7-11,13-15H2,(H,27,28);4-5,7,11-12,25H,6,8-10H2,1-3H3,(H,22,23);1-4,13-14H,5-8H2. The Morgan fingerprint density at radius 1 is 0.477 bits per heavy atom. The van der Waals surface area contributed by atoms with E-state index in [2.05, 4.69) is 119 Å². The molecule has 6 aliphatic heterocycles. The molecule has 0 radical (unpaired) electrons. The van der Waals surface area contributed by atoms with Crippen molar-refractivity contribution in [3.05, 3.63) is 133 Å². The summed E-state index contributed by atoms with van der Waals surface area (Å²) in [5.74, 6) is 2.30. The third kappa shape index (κ3) is 23.3. The summed E-state index contributed by atoms with van der Waals surface area (Å²) in [7, 11) is -1.39. The Morgan fingerprint density at radius 3 is 1.21 bits per heavy atom. The van der Waals surface area contributed by atoms with E-state index < -0.39 is 42.7 Å². The molecule has 6 aliphatic rings. The van der Waals surface area contributed by atoms with Crippen molar-refractivity contribution in [3.8, 4) is 22.5 Å². The van der Waals surface area contributed by atoms with E-state index in [1.165, 1.54) is 11.4 Å². The number of aliphatic hydroxyl groups excluding tert-OH is 3. The largest absolute Gasteiger partial charge is 0.488 e. The van der Waals surface area contributed by atoms with Gasteiger partial charge in [0.15, 0.2) is 17.5 Å². The van der Waals surface area contributed by atoms with Gasteiger partial charge in [-0.1, -0.05) is 48.0 Å². The molecule has 0 aliphatic carbocycles. The second-order valence-electron chi connectivity index (χ2n) is 30.5. The van der Waals surface area contributed by atoms with Gasteiger partial charge in [-0.05, 0) is 139 Å². The summed E-state index contributed by atoms with van der Waals surface area (Å²) in [4.78, 5) is 75.6. The van der Waals surface area contributed by atoms with Crippen LogP contribution in [0.4, 0.5) is 44.1 Å². The Hall–Kier alpha value is -9.54. The summed E-state index contributed by atoms with van der Waals surface area (Å²) in [6.45, 7) is 25.7. The summed E-state index contributed by atoms with van der Waals surface area (Å²) >= 11 is 6.07. The summed E-state index contributed by atoms with van der Waals surface area (Å²) in [5.41, 5.74) is 10.8. The normalized spacial score (nSPS) is 20.3. The van der Waals surface area contributed by atoms with Crippen molar-refractivity contribution in [2.24, 2.45) is 17.8 Å². The topological polar surface area (TPSA) is 362 Å². The first-order valence-electron chi connectivity index (χ1n) is 38.1. The van der Waals surface area contributed by atoms with Crippen LogP contribution in [0.25, 0.3) is 55.6 Å². The number of likely N-dealkylation sites (tertiary alicyclic amines) is 2. The van der Waals surface area contributed by atoms with Crippen LogP contribution in [-0.2, 0) is 23.7 Å². The zero-order valence-electron chi connectivity index (χ0n) is 63.9. The summed E-state index contributed by atoms with van der Waals surface area (Å²) in [6, 6.07) is 29.8. The maximum Gasteiger partial charge on any atom is 0.488 e. The Kier molecular flexibility index (Phi) is 27.8. The van der Waals surface area contributed by atoms with Gasteiger partial charge in [-0.15, -0.1) is 0 Å².